The molecule has 198 valence electrons. The minimum Gasteiger partial charge on any atom is -0.496 e. The van der Waals surface area contributed by atoms with Crippen LogP contribution in [0.4, 0.5) is 4.79 Å². The van der Waals surface area contributed by atoms with E-state index in [1.54, 1.807) is 30.0 Å². The second-order valence-electron chi connectivity index (χ2n) is 8.94. The average Bonchev–Trinajstić information content (AvgIpc) is 2.84. The summed E-state index contributed by atoms with van der Waals surface area (Å²) in [6.07, 6.45) is 0.536. The summed E-state index contributed by atoms with van der Waals surface area (Å²) in [6.45, 7) is 8.37. The summed E-state index contributed by atoms with van der Waals surface area (Å²) in [6, 6.07) is 4.04. The maximum absolute atomic E-state index is 13.3. The fraction of sp³-hybridized carbons (Fsp3) is 0.640. The fourth-order valence-corrected chi connectivity index (χ4v) is 3.54. The largest absolute Gasteiger partial charge is 0.496 e. The van der Waals surface area contributed by atoms with Gasteiger partial charge in [0.05, 0.1) is 20.3 Å². The lowest BCUT2D eigenvalue weighted by molar-refractivity contribution is -0.125. The number of aliphatic hydroxyl groups excluding tert-OH is 1. The molecule has 0 spiro atoms. The molecule has 0 heterocycles. The third kappa shape index (κ3) is 9.73. The highest BCUT2D eigenvalue weighted by atomic mass is 16.5. The van der Waals surface area contributed by atoms with Crippen LogP contribution in [0.5, 0.6) is 5.75 Å². The Kier molecular flexibility index (Phi) is 13.1. The topological polar surface area (TPSA) is 143 Å². The highest BCUT2D eigenvalue weighted by Gasteiger charge is 2.27. The molecule has 0 aromatic heterocycles. The minimum absolute atomic E-state index is 0.115. The molecule has 5 N–H and O–H groups in total. The van der Waals surface area contributed by atoms with Crippen LogP contribution in [-0.4, -0.2) is 73.4 Å². The highest BCUT2D eigenvalue weighted by molar-refractivity contribution is 5.95. The van der Waals surface area contributed by atoms with Crippen LogP contribution < -0.4 is 21.1 Å². The molecular weight excluding hydrogens is 452 g/mol. The normalized spacial score (nSPS) is 13.5. The predicted octanol–water partition coefficient (Wildman–Crippen LogP) is 2.03. The van der Waals surface area contributed by atoms with Gasteiger partial charge in [-0.3, -0.25) is 9.59 Å². The van der Waals surface area contributed by atoms with Gasteiger partial charge in [-0.15, -0.1) is 0 Å². The summed E-state index contributed by atoms with van der Waals surface area (Å²) in [7, 11) is 2.77. The number of nitrogens with two attached hydrogens (primary N) is 1. The van der Waals surface area contributed by atoms with Crippen LogP contribution in [0.3, 0.4) is 0 Å². The first-order valence-corrected chi connectivity index (χ1v) is 12.1. The Labute approximate surface area is 208 Å². The minimum atomic E-state index is -0.952. The van der Waals surface area contributed by atoms with E-state index in [4.69, 9.17) is 10.5 Å². The maximum atomic E-state index is 13.3. The number of benzene rings is 1. The van der Waals surface area contributed by atoms with Crippen molar-refractivity contribution in [1.29, 1.82) is 0 Å². The summed E-state index contributed by atoms with van der Waals surface area (Å²) in [5.74, 6) is -0.266. The van der Waals surface area contributed by atoms with Crippen LogP contribution in [0.25, 0.3) is 0 Å². The lowest BCUT2D eigenvalue weighted by Gasteiger charge is -2.32. The van der Waals surface area contributed by atoms with Crippen molar-refractivity contribution in [2.45, 2.75) is 71.7 Å². The van der Waals surface area contributed by atoms with Gasteiger partial charge in [-0.05, 0) is 44.9 Å². The summed E-state index contributed by atoms with van der Waals surface area (Å²) < 4.78 is 9.93. The van der Waals surface area contributed by atoms with Gasteiger partial charge >= 0.3 is 6.09 Å². The number of nitrogens with zero attached hydrogens (tertiary/aromatic N) is 1. The first-order valence-electron chi connectivity index (χ1n) is 12.1. The molecule has 1 rings (SSSR count). The van der Waals surface area contributed by atoms with Crippen molar-refractivity contribution in [2.75, 3.05) is 27.3 Å². The van der Waals surface area contributed by atoms with E-state index in [0.29, 0.717) is 23.4 Å². The van der Waals surface area contributed by atoms with E-state index in [9.17, 15) is 19.5 Å². The van der Waals surface area contributed by atoms with Crippen molar-refractivity contribution in [3.8, 4) is 5.75 Å². The number of hydrogen-bond donors (Lipinski definition) is 4. The third-order valence-electron chi connectivity index (χ3n) is 5.79. The smallest absolute Gasteiger partial charge is 0.407 e. The zero-order chi connectivity index (χ0) is 26.5. The van der Waals surface area contributed by atoms with Gasteiger partial charge in [0.1, 0.15) is 5.75 Å². The van der Waals surface area contributed by atoms with Gasteiger partial charge in [0.2, 0.25) is 5.91 Å². The number of carbonyl (C=O) groups excluding carboxylic acids is 3. The lowest BCUT2D eigenvalue weighted by Crippen LogP contribution is -2.50. The number of nitrogens with one attached hydrogen (secondary N) is 2. The monoisotopic (exact) mass is 494 g/mol. The van der Waals surface area contributed by atoms with Crippen molar-refractivity contribution in [3.63, 3.8) is 0 Å². The molecule has 1 aromatic rings. The van der Waals surface area contributed by atoms with Crippen LogP contribution in [0, 0.1) is 5.92 Å². The maximum Gasteiger partial charge on any atom is 0.407 e. The standard InChI is InChI=1S/C25H42N4O6/c1-7-8-11-27-23(31)17(4)12-21(30)20(26)15-29(16(2)3)24(32)18-9-10-22(34-5)19(13-18)14-28-25(33)35-6/h9-10,13,16-17,20-21,30H,7-8,11-12,14-15,26H2,1-6H3,(H,27,31)(H,28,33)/t17-,20+,21+/m1/s1. The molecule has 35 heavy (non-hydrogen) atoms. The molecule has 0 aliphatic rings. The fourth-order valence-electron chi connectivity index (χ4n) is 3.54. The highest BCUT2D eigenvalue weighted by Crippen LogP contribution is 2.22. The quantitative estimate of drug-likeness (QED) is 0.290. The van der Waals surface area contributed by atoms with Crippen molar-refractivity contribution < 1.29 is 29.0 Å². The second-order valence-corrected chi connectivity index (χ2v) is 8.94. The van der Waals surface area contributed by atoms with Gasteiger partial charge in [-0.2, -0.15) is 0 Å². The average molecular weight is 495 g/mol. The third-order valence-corrected chi connectivity index (χ3v) is 5.79. The molecule has 10 heteroatoms. The predicted molar refractivity (Wildman–Crippen MR) is 134 cm³/mol. The Morgan fingerprint density at radius 1 is 1.14 bits per heavy atom. The molecule has 3 amide bonds. The van der Waals surface area contributed by atoms with Gasteiger partial charge in [0, 0.05) is 48.8 Å². The number of aliphatic hydroxyl groups is 1. The van der Waals surface area contributed by atoms with Crippen molar-refractivity contribution >= 4 is 17.9 Å². The zero-order valence-electron chi connectivity index (χ0n) is 21.8. The molecule has 0 unspecified atom stereocenters. The zero-order valence-corrected chi connectivity index (χ0v) is 21.8. The summed E-state index contributed by atoms with van der Waals surface area (Å²) in [5, 5.41) is 16.1. The van der Waals surface area contributed by atoms with E-state index < -0.39 is 24.2 Å². The van der Waals surface area contributed by atoms with Crippen molar-refractivity contribution in [1.82, 2.24) is 15.5 Å². The van der Waals surface area contributed by atoms with Crippen molar-refractivity contribution in [3.05, 3.63) is 29.3 Å². The number of amides is 3. The molecule has 0 aliphatic heterocycles. The molecule has 10 nitrogen and oxygen atoms in total. The van der Waals surface area contributed by atoms with Gasteiger partial charge in [-0.25, -0.2) is 4.79 Å². The molecule has 0 fully saturated rings. The summed E-state index contributed by atoms with van der Waals surface area (Å²) in [5.41, 5.74) is 7.26. The van der Waals surface area contributed by atoms with E-state index in [2.05, 4.69) is 15.4 Å². The second kappa shape index (κ2) is 15.2. The van der Waals surface area contributed by atoms with Gasteiger partial charge < -0.3 is 35.8 Å². The Bertz CT molecular complexity index is 832. The van der Waals surface area contributed by atoms with Gasteiger partial charge in [0.25, 0.3) is 5.91 Å². The Morgan fingerprint density at radius 2 is 1.83 bits per heavy atom. The molecule has 0 aliphatic carbocycles. The number of rotatable bonds is 14. The summed E-state index contributed by atoms with van der Waals surface area (Å²) in [4.78, 5) is 38.6. The number of alkyl carbamates (subject to hydrolysis) is 1. The van der Waals surface area contributed by atoms with E-state index in [0.717, 1.165) is 12.8 Å². The van der Waals surface area contributed by atoms with E-state index in [1.807, 2.05) is 20.8 Å². The SMILES string of the molecule is CCCCNC(=O)[C@H](C)C[C@H](O)[C@@H](N)CN(C(=O)c1ccc(OC)c(CNC(=O)OC)c1)C(C)C. The van der Waals surface area contributed by atoms with Crippen LogP contribution >= 0.6 is 0 Å². The van der Waals surface area contributed by atoms with Crippen LogP contribution in [0.2, 0.25) is 0 Å². The first kappa shape index (κ1) is 30.2. The number of methoxy groups -OCH3 is 2. The van der Waals surface area contributed by atoms with Crippen molar-refractivity contribution in [2.24, 2.45) is 11.7 Å². The lowest BCUT2D eigenvalue weighted by atomic mass is 9.97. The van der Waals surface area contributed by atoms with Gasteiger partial charge in [-0.1, -0.05) is 20.3 Å². The molecule has 0 bridgehead atoms. The molecule has 0 saturated carbocycles. The van der Waals surface area contributed by atoms with E-state index in [1.165, 1.54) is 14.2 Å². The van der Waals surface area contributed by atoms with Gasteiger partial charge in [0.15, 0.2) is 0 Å². The Balaban J connectivity index is 2.90. The molecule has 0 radical (unpaired) electrons. The molecular formula is C25H42N4O6. The molecule has 0 saturated heterocycles. The molecule has 1 aromatic carbocycles. The Morgan fingerprint density at radius 3 is 2.40 bits per heavy atom. The Hall–Kier alpha value is -2.85. The van der Waals surface area contributed by atoms with E-state index in [-0.39, 0.29) is 37.4 Å². The van der Waals surface area contributed by atoms with Crippen LogP contribution in [0.1, 0.15) is 62.9 Å². The number of unbranched alkanes of at least 4 members (excludes halogenated alkanes) is 1. The van der Waals surface area contributed by atoms with Crippen LogP contribution in [-0.2, 0) is 16.1 Å². The molecule has 3 atom stereocenters. The van der Waals surface area contributed by atoms with Crippen LogP contribution in [0.15, 0.2) is 18.2 Å². The number of carbonyl (C=O) groups is 3. The number of hydrogen-bond acceptors (Lipinski definition) is 7. The first-order chi connectivity index (χ1) is 16.5. The van der Waals surface area contributed by atoms with E-state index >= 15 is 0 Å². The summed E-state index contributed by atoms with van der Waals surface area (Å²) >= 11 is 0. The number of ether oxygens (including phenoxy) is 2.